The standard InChI is InChI=1S/C13H17NO3S/c1-2-10-4-3-5-12(8-10)14-13(15)11-6-7-18(16,17)9-11/h3-5,8,11H,2,6-7,9H2,1H3,(H,14,15). The van der Waals surface area contributed by atoms with Crippen molar-refractivity contribution in [3.63, 3.8) is 0 Å². The Kier molecular flexibility index (Phi) is 3.71. The molecular formula is C13H17NO3S. The molecule has 1 heterocycles. The summed E-state index contributed by atoms with van der Waals surface area (Å²) in [4.78, 5) is 11.9. The van der Waals surface area contributed by atoms with Crippen LogP contribution in [0.3, 0.4) is 0 Å². The van der Waals surface area contributed by atoms with Gasteiger partial charge >= 0.3 is 0 Å². The minimum atomic E-state index is -3.01. The van der Waals surface area contributed by atoms with E-state index in [1.165, 1.54) is 0 Å². The molecule has 0 aromatic heterocycles. The second-order valence-corrected chi connectivity index (χ2v) is 6.87. The zero-order valence-electron chi connectivity index (χ0n) is 10.3. The number of benzene rings is 1. The van der Waals surface area contributed by atoms with Crippen molar-refractivity contribution in [3.05, 3.63) is 29.8 Å². The molecule has 4 nitrogen and oxygen atoms in total. The van der Waals surface area contributed by atoms with Gasteiger partial charge in [-0.15, -0.1) is 0 Å². The van der Waals surface area contributed by atoms with Crippen LogP contribution in [0, 0.1) is 5.92 Å². The lowest BCUT2D eigenvalue weighted by molar-refractivity contribution is -0.119. The van der Waals surface area contributed by atoms with Crippen LogP contribution in [0.1, 0.15) is 18.9 Å². The van der Waals surface area contributed by atoms with Crippen LogP contribution >= 0.6 is 0 Å². The first-order valence-electron chi connectivity index (χ1n) is 6.10. The first-order valence-corrected chi connectivity index (χ1v) is 7.92. The quantitative estimate of drug-likeness (QED) is 0.905. The van der Waals surface area contributed by atoms with Gasteiger partial charge in [-0.1, -0.05) is 19.1 Å². The second kappa shape index (κ2) is 5.10. The number of anilines is 1. The maximum Gasteiger partial charge on any atom is 0.228 e. The first kappa shape index (κ1) is 13.1. The zero-order valence-corrected chi connectivity index (χ0v) is 11.2. The van der Waals surface area contributed by atoms with E-state index in [-0.39, 0.29) is 17.4 Å². The number of carbonyl (C=O) groups is 1. The highest BCUT2D eigenvalue weighted by molar-refractivity contribution is 7.91. The highest BCUT2D eigenvalue weighted by Crippen LogP contribution is 2.20. The molecule has 5 heteroatoms. The van der Waals surface area contributed by atoms with Crippen LogP contribution in [0.25, 0.3) is 0 Å². The third-order valence-electron chi connectivity index (χ3n) is 3.21. The number of carbonyl (C=O) groups excluding carboxylic acids is 1. The van der Waals surface area contributed by atoms with E-state index in [2.05, 4.69) is 5.32 Å². The van der Waals surface area contributed by atoms with Crippen LogP contribution < -0.4 is 5.32 Å². The van der Waals surface area contributed by atoms with E-state index in [9.17, 15) is 13.2 Å². The van der Waals surface area contributed by atoms with Crippen molar-refractivity contribution in [2.24, 2.45) is 5.92 Å². The summed E-state index contributed by atoms with van der Waals surface area (Å²) in [7, 11) is -3.01. The normalized spacial score (nSPS) is 21.7. The highest BCUT2D eigenvalue weighted by Gasteiger charge is 2.32. The summed E-state index contributed by atoms with van der Waals surface area (Å²) in [5.74, 6) is -0.489. The highest BCUT2D eigenvalue weighted by atomic mass is 32.2. The first-order chi connectivity index (χ1) is 8.50. The molecule has 1 amide bonds. The van der Waals surface area contributed by atoms with Crippen molar-refractivity contribution < 1.29 is 13.2 Å². The minimum Gasteiger partial charge on any atom is -0.326 e. The summed E-state index contributed by atoms with van der Waals surface area (Å²) < 4.78 is 22.6. The largest absolute Gasteiger partial charge is 0.326 e. The number of aryl methyl sites for hydroxylation is 1. The van der Waals surface area contributed by atoms with Gasteiger partial charge in [0.05, 0.1) is 17.4 Å². The number of nitrogens with one attached hydrogen (secondary N) is 1. The van der Waals surface area contributed by atoms with E-state index in [1.807, 2.05) is 31.2 Å². The van der Waals surface area contributed by atoms with Gasteiger partial charge in [-0.2, -0.15) is 0 Å². The van der Waals surface area contributed by atoms with Gasteiger partial charge in [0, 0.05) is 5.69 Å². The molecule has 1 aromatic rings. The predicted molar refractivity (Wildman–Crippen MR) is 71.2 cm³/mol. The monoisotopic (exact) mass is 267 g/mol. The Balaban J connectivity index is 2.03. The van der Waals surface area contributed by atoms with Crippen molar-refractivity contribution in [1.82, 2.24) is 0 Å². The van der Waals surface area contributed by atoms with Gasteiger partial charge in [0.1, 0.15) is 0 Å². The van der Waals surface area contributed by atoms with Gasteiger partial charge in [-0.05, 0) is 30.5 Å². The van der Waals surface area contributed by atoms with Gasteiger partial charge in [0.15, 0.2) is 9.84 Å². The summed E-state index contributed by atoms with van der Waals surface area (Å²) in [6, 6.07) is 7.62. The summed E-state index contributed by atoms with van der Waals surface area (Å²) >= 11 is 0. The maximum atomic E-state index is 11.9. The molecule has 0 bridgehead atoms. The van der Waals surface area contributed by atoms with Crippen molar-refractivity contribution in [2.45, 2.75) is 19.8 Å². The predicted octanol–water partition coefficient (Wildman–Crippen LogP) is 1.62. The van der Waals surface area contributed by atoms with Gasteiger partial charge in [0.2, 0.25) is 5.91 Å². The molecule has 98 valence electrons. The number of hydrogen-bond donors (Lipinski definition) is 1. The molecule has 18 heavy (non-hydrogen) atoms. The maximum absolute atomic E-state index is 11.9. The Morgan fingerprint density at radius 2 is 2.22 bits per heavy atom. The van der Waals surface area contributed by atoms with E-state index in [4.69, 9.17) is 0 Å². The molecule has 1 aliphatic heterocycles. The minimum absolute atomic E-state index is 0.0215. The van der Waals surface area contributed by atoms with Crippen LogP contribution in [0.4, 0.5) is 5.69 Å². The average molecular weight is 267 g/mol. The fraction of sp³-hybridized carbons (Fsp3) is 0.462. The topological polar surface area (TPSA) is 63.2 Å². The molecule has 0 saturated carbocycles. The number of amides is 1. The van der Waals surface area contributed by atoms with Gasteiger partial charge in [-0.25, -0.2) is 8.42 Å². The number of sulfone groups is 1. The van der Waals surface area contributed by atoms with Gasteiger partial charge in [0.25, 0.3) is 0 Å². The lowest BCUT2D eigenvalue weighted by atomic mass is 10.1. The third kappa shape index (κ3) is 3.10. The summed E-state index contributed by atoms with van der Waals surface area (Å²) in [6.07, 6.45) is 1.34. The molecule has 1 N–H and O–H groups in total. The van der Waals surface area contributed by atoms with Gasteiger partial charge < -0.3 is 5.32 Å². The summed E-state index contributed by atoms with van der Waals surface area (Å²) in [5, 5.41) is 2.79. The molecule has 1 fully saturated rings. The Bertz CT molecular complexity index is 551. The van der Waals surface area contributed by atoms with Crippen LogP contribution in [-0.2, 0) is 21.1 Å². The molecule has 2 rings (SSSR count). The molecule has 0 aliphatic carbocycles. The molecular weight excluding hydrogens is 250 g/mol. The van der Waals surface area contributed by atoms with Gasteiger partial charge in [-0.3, -0.25) is 4.79 Å². The van der Waals surface area contributed by atoms with E-state index >= 15 is 0 Å². The Hall–Kier alpha value is -1.36. The van der Waals surface area contributed by atoms with Crippen LogP contribution in [-0.4, -0.2) is 25.8 Å². The van der Waals surface area contributed by atoms with Crippen LogP contribution in [0.2, 0.25) is 0 Å². The Morgan fingerprint density at radius 3 is 2.83 bits per heavy atom. The fourth-order valence-corrected chi connectivity index (χ4v) is 3.86. The molecule has 1 aliphatic rings. The Labute approximate surface area is 107 Å². The van der Waals surface area contributed by atoms with Crippen molar-refractivity contribution in [1.29, 1.82) is 0 Å². The molecule has 1 atom stereocenters. The smallest absolute Gasteiger partial charge is 0.228 e. The SMILES string of the molecule is CCc1cccc(NC(=O)C2CCS(=O)(=O)C2)c1. The average Bonchev–Trinajstić information content (AvgIpc) is 2.70. The van der Waals surface area contributed by atoms with Crippen LogP contribution in [0.15, 0.2) is 24.3 Å². The van der Waals surface area contributed by atoms with E-state index in [0.717, 1.165) is 17.7 Å². The van der Waals surface area contributed by atoms with Crippen molar-refractivity contribution >= 4 is 21.4 Å². The molecule has 1 saturated heterocycles. The Morgan fingerprint density at radius 1 is 1.44 bits per heavy atom. The molecule has 0 spiro atoms. The summed E-state index contributed by atoms with van der Waals surface area (Å²) in [6.45, 7) is 2.05. The van der Waals surface area contributed by atoms with Crippen molar-refractivity contribution in [3.8, 4) is 0 Å². The second-order valence-electron chi connectivity index (χ2n) is 4.64. The lowest BCUT2D eigenvalue weighted by Gasteiger charge is -2.10. The van der Waals surface area contributed by atoms with Crippen LogP contribution in [0.5, 0.6) is 0 Å². The molecule has 1 unspecified atom stereocenters. The van der Waals surface area contributed by atoms with Crippen molar-refractivity contribution in [2.75, 3.05) is 16.8 Å². The zero-order chi connectivity index (χ0) is 13.2. The third-order valence-corrected chi connectivity index (χ3v) is 4.97. The van der Waals surface area contributed by atoms with E-state index in [0.29, 0.717) is 6.42 Å². The number of hydrogen-bond acceptors (Lipinski definition) is 3. The molecule has 1 aromatic carbocycles. The lowest BCUT2D eigenvalue weighted by Crippen LogP contribution is -2.23. The molecule has 0 radical (unpaired) electrons. The van der Waals surface area contributed by atoms with E-state index in [1.54, 1.807) is 0 Å². The van der Waals surface area contributed by atoms with E-state index < -0.39 is 15.8 Å². The fourth-order valence-electron chi connectivity index (χ4n) is 2.12. The number of rotatable bonds is 3. The summed E-state index contributed by atoms with van der Waals surface area (Å²) in [5.41, 5.74) is 1.88.